The Morgan fingerprint density at radius 3 is 1.58 bits per heavy atom. The predicted molar refractivity (Wildman–Crippen MR) is 103 cm³/mol. The summed E-state index contributed by atoms with van der Waals surface area (Å²) in [7, 11) is 0. The Hall–Kier alpha value is -1.05. The van der Waals surface area contributed by atoms with Gasteiger partial charge in [-0.05, 0) is 0 Å². The molecule has 1 aromatic rings. The zero-order valence-corrected chi connectivity index (χ0v) is 21.8. The third-order valence-electron chi connectivity index (χ3n) is 4.24. The van der Waals surface area contributed by atoms with Crippen LogP contribution in [0.1, 0.15) is 50.5 Å². The van der Waals surface area contributed by atoms with Gasteiger partial charge in [-0.3, -0.25) is 0 Å². The molecule has 0 fully saturated rings. The number of alkyl halides is 7. The number of aryl methyl sites for hydroxylation is 1. The Balaban J connectivity index is 2.66. The molecular weight excluding hydrogens is 646 g/mol. The van der Waals surface area contributed by atoms with E-state index in [1.54, 1.807) is 0 Å². The third kappa shape index (κ3) is 11.4. The molecule has 1 rings (SSSR count). The minimum absolute atomic E-state index is 0.113. The minimum atomic E-state index is -5.41. The molecule has 0 aliphatic rings. The van der Waals surface area contributed by atoms with Crippen LogP contribution in [0.2, 0.25) is 0 Å². The van der Waals surface area contributed by atoms with Crippen LogP contribution in [-0.2, 0) is 21.4 Å². The summed E-state index contributed by atoms with van der Waals surface area (Å²) in [5.74, 6) is -4.69. The van der Waals surface area contributed by atoms with Crippen molar-refractivity contribution in [2.75, 3.05) is 5.88 Å². The average Bonchev–Trinajstić information content (AvgIpc) is 2.68. The fourth-order valence-electron chi connectivity index (χ4n) is 2.64. The molecule has 0 radical (unpaired) electrons. The number of carbonyl (C=O) groups excluding carboxylic acids is 2. The fourth-order valence-corrected chi connectivity index (χ4v) is 8.59. The summed E-state index contributed by atoms with van der Waals surface area (Å²) in [4.78, 5) is 22.1. The molecule has 0 aromatic heterocycles. The van der Waals surface area contributed by atoms with E-state index in [9.17, 15) is 35.9 Å². The Morgan fingerprint density at radius 1 is 0.742 bits per heavy atom. The fraction of sp³-hybridized carbons (Fsp3) is 0.579. The standard InChI is InChI=1S/C15H22Cl.2C2HF3O2.Tl/c16-14-10-5-3-1-2-4-7-11-15-12-8-6-9-13-15;2*3-2(4,5)1(6)7;/h8-9,12-13H,1-5,7,10-11,14H2;2*(H,6,7);/q;;;+2/p-2. The van der Waals surface area contributed by atoms with Crippen molar-refractivity contribution in [3.8, 4) is 0 Å². The van der Waals surface area contributed by atoms with Gasteiger partial charge in [0.05, 0.1) is 0 Å². The Labute approximate surface area is 190 Å². The first-order valence-corrected chi connectivity index (χ1v) is 16.1. The van der Waals surface area contributed by atoms with Crippen molar-refractivity contribution >= 4 is 50.3 Å². The molecule has 0 bridgehead atoms. The maximum absolute atomic E-state index is 12.4. The first-order valence-electron chi connectivity index (χ1n) is 9.65. The van der Waals surface area contributed by atoms with Crippen LogP contribution >= 0.6 is 11.6 Å². The summed E-state index contributed by atoms with van der Waals surface area (Å²) < 4.78 is 82.9. The first kappa shape index (κ1) is 28.0. The van der Waals surface area contributed by atoms with Crippen molar-refractivity contribution in [2.45, 2.75) is 63.7 Å². The second-order valence-corrected chi connectivity index (χ2v) is 14.2. The van der Waals surface area contributed by atoms with Crippen LogP contribution in [-0.4, -0.2) is 53.8 Å². The van der Waals surface area contributed by atoms with Gasteiger partial charge in [0.1, 0.15) is 0 Å². The average molecular weight is 668 g/mol. The number of rotatable bonds is 12. The molecule has 0 atom stereocenters. The number of hydrogen-bond donors (Lipinski definition) is 0. The van der Waals surface area contributed by atoms with E-state index in [2.05, 4.69) is 5.37 Å². The van der Waals surface area contributed by atoms with Gasteiger partial charge in [-0.15, -0.1) is 11.6 Å². The molecule has 0 aliphatic heterocycles. The zero-order chi connectivity index (χ0) is 23.5. The van der Waals surface area contributed by atoms with Crippen LogP contribution in [0.5, 0.6) is 0 Å². The van der Waals surface area contributed by atoms with Crippen molar-refractivity contribution in [1.29, 1.82) is 0 Å². The predicted octanol–water partition coefficient (Wildman–Crippen LogP) is 5.10. The summed E-state index contributed by atoms with van der Waals surface area (Å²) in [5.41, 5.74) is 0.822. The van der Waals surface area contributed by atoms with Gasteiger partial charge in [-0.1, -0.05) is 0 Å². The van der Waals surface area contributed by atoms with E-state index in [0.29, 0.717) is 12.3 Å². The van der Waals surface area contributed by atoms with Gasteiger partial charge in [0.15, 0.2) is 0 Å². The second kappa shape index (κ2) is 13.5. The van der Waals surface area contributed by atoms with Crippen LogP contribution in [0.25, 0.3) is 0 Å². The van der Waals surface area contributed by atoms with E-state index in [4.69, 9.17) is 11.6 Å². The Kier molecular flexibility index (Phi) is 12.2. The number of unbranched alkanes of at least 4 members (excludes halogenated alkanes) is 6. The van der Waals surface area contributed by atoms with E-state index >= 15 is 0 Å². The van der Waals surface area contributed by atoms with Gasteiger partial charge in [0, 0.05) is 5.88 Å². The van der Waals surface area contributed by atoms with Gasteiger partial charge < -0.3 is 0 Å². The van der Waals surface area contributed by atoms with E-state index in [1.165, 1.54) is 24.3 Å². The van der Waals surface area contributed by atoms with Crippen molar-refractivity contribution in [2.24, 2.45) is 0 Å². The zero-order valence-electron chi connectivity index (χ0n) is 16.5. The van der Waals surface area contributed by atoms with Gasteiger partial charge in [0.2, 0.25) is 0 Å². The number of carbonyl (C=O) groups is 2. The van der Waals surface area contributed by atoms with Gasteiger partial charge in [-0.25, -0.2) is 0 Å². The van der Waals surface area contributed by atoms with Crippen molar-refractivity contribution in [1.82, 2.24) is 0 Å². The number of halogens is 7. The molecule has 0 N–H and O–H groups in total. The van der Waals surface area contributed by atoms with Crippen molar-refractivity contribution < 1.29 is 41.3 Å². The molecule has 174 valence electrons. The molecule has 12 heteroatoms. The molecular formula is C19H22ClF6O4Tl. The SMILES string of the molecule is O=C([O][Tl]([O]C(=O)C(F)(F)F)[c]1ccc(CCCCCCCCCCl)cc1)C(F)(F)F. The van der Waals surface area contributed by atoms with Crippen molar-refractivity contribution in [3.05, 3.63) is 29.8 Å². The Morgan fingerprint density at radius 2 is 1.16 bits per heavy atom. The molecule has 0 aliphatic carbocycles. The molecule has 0 saturated carbocycles. The van der Waals surface area contributed by atoms with E-state index in [0.717, 1.165) is 50.5 Å². The van der Waals surface area contributed by atoms with E-state index in [1.807, 2.05) is 0 Å². The third-order valence-corrected chi connectivity index (χ3v) is 11.5. The van der Waals surface area contributed by atoms with Crippen molar-refractivity contribution in [3.63, 3.8) is 0 Å². The monoisotopic (exact) mass is 668 g/mol. The molecule has 0 spiro atoms. The van der Waals surface area contributed by atoms with Crippen LogP contribution in [0.4, 0.5) is 26.3 Å². The molecule has 0 amide bonds. The quantitative estimate of drug-likeness (QED) is 0.135. The summed E-state index contributed by atoms with van der Waals surface area (Å²) in [6.07, 6.45) is -2.93. The normalized spacial score (nSPS) is 11.8. The van der Waals surface area contributed by atoms with Crippen LogP contribution in [0.15, 0.2) is 24.3 Å². The second-order valence-electron chi connectivity index (χ2n) is 6.79. The molecule has 0 saturated heterocycles. The summed E-state index contributed by atoms with van der Waals surface area (Å²) >= 11 is 0.489. The first-order chi connectivity index (χ1) is 14.4. The van der Waals surface area contributed by atoms with Gasteiger partial charge in [-0.2, -0.15) is 0 Å². The molecule has 0 unspecified atom stereocenters. The maximum atomic E-state index is 12.4. The molecule has 1 aromatic carbocycles. The van der Waals surface area contributed by atoms with Gasteiger partial charge >= 0.3 is 174 Å². The number of benzene rings is 1. The van der Waals surface area contributed by atoms with Crippen LogP contribution in [0.3, 0.4) is 0 Å². The summed E-state index contributed by atoms with van der Waals surface area (Å²) in [6, 6.07) is 5.54. The number of hydrogen-bond acceptors (Lipinski definition) is 4. The van der Waals surface area contributed by atoms with Gasteiger partial charge in [0.25, 0.3) is 0 Å². The summed E-state index contributed by atoms with van der Waals surface area (Å²) in [6.45, 7) is 0. The molecule has 31 heavy (non-hydrogen) atoms. The Bertz CT molecular complexity index is 666. The van der Waals surface area contributed by atoms with E-state index < -0.39 is 47.9 Å². The summed E-state index contributed by atoms with van der Waals surface area (Å²) in [5, 5.41) is 0. The molecule has 4 nitrogen and oxygen atoms in total. The van der Waals surface area contributed by atoms with Crippen LogP contribution in [0, 0.1) is 0 Å². The molecule has 0 heterocycles. The van der Waals surface area contributed by atoms with Crippen LogP contribution < -0.4 is 3.12 Å². The van der Waals surface area contributed by atoms with E-state index in [-0.39, 0.29) is 3.12 Å². The topological polar surface area (TPSA) is 52.6 Å².